The van der Waals surface area contributed by atoms with Crippen molar-refractivity contribution in [1.82, 2.24) is 9.62 Å². The molecule has 1 fully saturated rings. The first kappa shape index (κ1) is 20.6. The summed E-state index contributed by atoms with van der Waals surface area (Å²) in [5.74, 6) is -0.118. The Morgan fingerprint density at radius 2 is 1.85 bits per heavy atom. The van der Waals surface area contributed by atoms with Gasteiger partial charge in [0.05, 0.1) is 6.26 Å². The Labute approximate surface area is 156 Å². The van der Waals surface area contributed by atoms with Crippen LogP contribution in [0.2, 0.25) is 0 Å². The van der Waals surface area contributed by atoms with Crippen LogP contribution in [0.15, 0.2) is 24.3 Å². The Hall–Kier alpha value is -1.73. The molecule has 0 aromatic heterocycles. The van der Waals surface area contributed by atoms with E-state index in [1.54, 1.807) is 4.90 Å². The van der Waals surface area contributed by atoms with Gasteiger partial charge in [0.15, 0.2) is 5.78 Å². The van der Waals surface area contributed by atoms with Gasteiger partial charge in [0, 0.05) is 37.5 Å². The zero-order valence-corrected chi connectivity index (χ0v) is 16.3. The van der Waals surface area contributed by atoms with E-state index >= 15 is 0 Å². The minimum Gasteiger partial charge on any atom is -0.338 e. The lowest BCUT2D eigenvalue weighted by molar-refractivity contribution is -0.134. The zero-order chi connectivity index (χ0) is 19.2. The van der Waals surface area contributed by atoms with E-state index in [0.29, 0.717) is 12.1 Å². The molecule has 144 valence electrons. The van der Waals surface area contributed by atoms with Crippen LogP contribution < -0.4 is 4.72 Å². The first-order chi connectivity index (χ1) is 12.3. The monoisotopic (exact) mass is 380 g/mol. The summed E-state index contributed by atoms with van der Waals surface area (Å²) in [6, 6.07) is 7.36. The van der Waals surface area contributed by atoms with Gasteiger partial charge in [-0.3, -0.25) is 9.59 Å². The van der Waals surface area contributed by atoms with E-state index in [-0.39, 0.29) is 37.1 Å². The summed E-state index contributed by atoms with van der Waals surface area (Å²) < 4.78 is 25.1. The number of aryl methyl sites for hydroxylation is 1. The quantitative estimate of drug-likeness (QED) is 0.701. The third-order valence-corrected chi connectivity index (χ3v) is 5.47. The SMILES string of the molecule is CCc1ccc(C(=O)CCC(=O)N2CCCCC2CNS(C)(=O)=O)cc1. The average molecular weight is 381 g/mol. The van der Waals surface area contributed by atoms with Gasteiger partial charge >= 0.3 is 0 Å². The van der Waals surface area contributed by atoms with Crippen molar-refractivity contribution in [3.05, 3.63) is 35.4 Å². The van der Waals surface area contributed by atoms with Crippen molar-refractivity contribution in [3.63, 3.8) is 0 Å². The molecule has 0 radical (unpaired) electrons. The number of piperidine rings is 1. The number of nitrogens with one attached hydrogen (secondary N) is 1. The van der Waals surface area contributed by atoms with Crippen LogP contribution in [0.1, 0.15) is 54.9 Å². The summed E-state index contributed by atoms with van der Waals surface area (Å²) >= 11 is 0. The summed E-state index contributed by atoms with van der Waals surface area (Å²) in [6.45, 7) is 2.91. The number of hydrogen-bond donors (Lipinski definition) is 1. The van der Waals surface area contributed by atoms with Gasteiger partial charge in [-0.15, -0.1) is 0 Å². The van der Waals surface area contributed by atoms with E-state index in [0.717, 1.165) is 31.9 Å². The Morgan fingerprint density at radius 3 is 2.46 bits per heavy atom. The number of Topliss-reactive ketones (excluding diaryl/α,β-unsaturated/α-hetero) is 1. The fourth-order valence-electron chi connectivity index (χ4n) is 3.22. The second-order valence-corrected chi connectivity index (χ2v) is 8.66. The summed E-state index contributed by atoms with van der Waals surface area (Å²) in [5.41, 5.74) is 1.80. The van der Waals surface area contributed by atoms with Crippen molar-refractivity contribution in [3.8, 4) is 0 Å². The van der Waals surface area contributed by atoms with Crippen molar-refractivity contribution < 1.29 is 18.0 Å². The van der Waals surface area contributed by atoms with Crippen LogP contribution in [0.4, 0.5) is 0 Å². The fourth-order valence-corrected chi connectivity index (χ4v) is 3.72. The molecule has 1 atom stereocenters. The molecule has 1 aliphatic heterocycles. The fraction of sp³-hybridized carbons (Fsp3) is 0.579. The number of hydrogen-bond acceptors (Lipinski definition) is 4. The molecule has 26 heavy (non-hydrogen) atoms. The average Bonchev–Trinajstić information content (AvgIpc) is 2.64. The second-order valence-electron chi connectivity index (χ2n) is 6.83. The molecule has 0 saturated carbocycles. The highest BCUT2D eigenvalue weighted by molar-refractivity contribution is 7.88. The molecular weight excluding hydrogens is 352 g/mol. The van der Waals surface area contributed by atoms with E-state index in [1.165, 1.54) is 5.56 Å². The van der Waals surface area contributed by atoms with E-state index in [1.807, 2.05) is 24.3 Å². The Morgan fingerprint density at radius 1 is 1.15 bits per heavy atom. The summed E-state index contributed by atoms with van der Waals surface area (Å²) in [4.78, 5) is 26.6. The van der Waals surface area contributed by atoms with Gasteiger partial charge in [-0.2, -0.15) is 0 Å². The molecule has 1 aromatic carbocycles. The first-order valence-corrected chi connectivity index (χ1v) is 11.1. The van der Waals surface area contributed by atoms with Crippen molar-refractivity contribution >= 4 is 21.7 Å². The Kier molecular flexibility index (Phi) is 7.34. The van der Waals surface area contributed by atoms with Crippen molar-refractivity contribution in [2.45, 2.75) is 51.5 Å². The molecule has 1 aromatic rings. The van der Waals surface area contributed by atoms with Gasteiger partial charge < -0.3 is 4.90 Å². The lowest BCUT2D eigenvalue weighted by Gasteiger charge is -2.35. The van der Waals surface area contributed by atoms with E-state index in [4.69, 9.17) is 0 Å². The first-order valence-electron chi connectivity index (χ1n) is 9.16. The molecule has 2 rings (SSSR count). The third kappa shape index (κ3) is 6.21. The highest BCUT2D eigenvalue weighted by Crippen LogP contribution is 2.19. The smallest absolute Gasteiger partial charge is 0.223 e. The largest absolute Gasteiger partial charge is 0.338 e. The van der Waals surface area contributed by atoms with Crippen LogP contribution >= 0.6 is 0 Å². The Balaban J connectivity index is 1.90. The molecule has 1 N–H and O–H groups in total. The van der Waals surface area contributed by atoms with Gasteiger partial charge in [-0.1, -0.05) is 31.2 Å². The number of nitrogens with zero attached hydrogens (tertiary/aromatic N) is 1. The molecule has 6 nitrogen and oxygen atoms in total. The van der Waals surface area contributed by atoms with E-state index in [2.05, 4.69) is 11.6 Å². The molecule has 0 aliphatic carbocycles. The normalized spacial score (nSPS) is 17.9. The number of ketones is 1. The number of likely N-dealkylation sites (tertiary alicyclic amines) is 1. The maximum atomic E-state index is 12.6. The van der Waals surface area contributed by atoms with Gasteiger partial charge in [-0.05, 0) is 31.2 Å². The topological polar surface area (TPSA) is 83.6 Å². The highest BCUT2D eigenvalue weighted by Gasteiger charge is 2.27. The van der Waals surface area contributed by atoms with Crippen LogP contribution in [0.5, 0.6) is 0 Å². The van der Waals surface area contributed by atoms with Gasteiger partial charge in [0.1, 0.15) is 0 Å². The van der Waals surface area contributed by atoms with Gasteiger partial charge in [0.25, 0.3) is 0 Å². The predicted molar refractivity (Wildman–Crippen MR) is 102 cm³/mol. The molecular formula is C19H28N2O4S. The maximum Gasteiger partial charge on any atom is 0.223 e. The van der Waals surface area contributed by atoms with Crippen LogP contribution in [-0.2, 0) is 21.2 Å². The summed E-state index contributed by atoms with van der Waals surface area (Å²) in [7, 11) is -3.28. The molecule has 1 heterocycles. The van der Waals surface area contributed by atoms with E-state index in [9.17, 15) is 18.0 Å². The van der Waals surface area contributed by atoms with Gasteiger partial charge in [-0.25, -0.2) is 13.1 Å². The number of carbonyl (C=O) groups is 2. The summed E-state index contributed by atoms with van der Waals surface area (Å²) in [5, 5.41) is 0. The molecule has 0 spiro atoms. The number of benzene rings is 1. The van der Waals surface area contributed by atoms with Gasteiger partial charge in [0.2, 0.25) is 15.9 Å². The number of amides is 1. The van der Waals surface area contributed by atoms with Crippen LogP contribution in [0.3, 0.4) is 0 Å². The minimum atomic E-state index is -3.28. The molecule has 1 unspecified atom stereocenters. The van der Waals surface area contributed by atoms with Crippen LogP contribution in [0, 0.1) is 0 Å². The van der Waals surface area contributed by atoms with Crippen LogP contribution in [-0.4, -0.2) is 50.4 Å². The number of carbonyl (C=O) groups excluding carboxylic acids is 2. The van der Waals surface area contributed by atoms with E-state index < -0.39 is 10.0 Å². The third-order valence-electron chi connectivity index (χ3n) is 4.78. The molecule has 1 saturated heterocycles. The highest BCUT2D eigenvalue weighted by atomic mass is 32.2. The standard InChI is InChI=1S/C19H28N2O4S/c1-3-15-7-9-16(10-8-15)18(22)11-12-19(23)21-13-5-4-6-17(21)14-20-26(2,24)25/h7-10,17,20H,3-6,11-14H2,1-2H3. The number of rotatable bonds is 8. The minimum absolute atomic E-state index is 0.0381. The number of sulfonamides is 1. The van der Waals surface area contributed by atoms with Crippen molar-refractivity contribution in [1.29, 1.82) is 0 Å². The lowest BCUT2D eigenvalue weighted by atomic mass is 10.00. The summed E-state index contributed by atoms with van der Waals surface area (Å²) in [6.07, 6.45) is 5.03. The Bertz CT molecular complexity index is 728. The van der Waals surface area contributed by atoms with Crippen molar-refractivity contribution in [2.24, 2.45) is 0 Å². The molecule has 1 amide bonds. The molecule has 0 bridgehead atoms. The predicted octanol–water partition coefficient (Wildman–Crippen LogP) is 2.14. The molecule has 7 heteroatoms. The second kappa shape index (κ2) is 9.28. The maximum absolute atomic E-state index is 12.6. The van der Waals surface area contributed by atoms with Crippen molar-refractivity contribution in [2.75, 3.05) is 19.3 Å². The zero-order valence-electron chi connectivity index (χ0n) is 15.5. The lowest BCUT2D eigenvalue weighted by Crippen LogP contribution is -2.49. The molecule has 1 aliphatic rings. The van der Waals surface area contributed by atoms with Crippen LogP contribution in [0.25, 0.3) is 0 Å².